The molecule has 2 unspecified atom stereocenters. The standard InChI is InChI=1S/C21H23N/c1-21(2)17-11-7-6-10-15(17)16-12-13-18(22)19(20(16)21)14-8-4-3-5-9-14/h3-11,15,17H,12-13,22H2,1-2H3. The van der Waals surface area contributed by atoms with Crippen LogP contribution in [0.1, 0.15) is 32.3 Å². The van der Waals surface area contributed by atoms with Crippen molar-refractivity contribution in [1.82, 2.24) is 0 Å². The Kier molecular flexibility index (Phi) is 2.94. The van der Waals surface area contributed by atoms with Gasteiger partial charge < -0.3 is 5.73 Å². The molecule has 1 nitrogen and oxygen atoms in total. The molecule has 4 rings (SSSR count). The first-order valence-corrected chi connectivity index (χ1v) is 8.23. The molecule has 3 aliphatic carbocycles. The summed E-state index contributed by atoms with van der Waals surface area (Å²) in [5.74, 6) is 1.12. The van der Waals surface area contributed by atoms with Crippen molar-refractivity contribution in [2.75, 3.05) is 0 Å². The Morgan fingerprint density at radius 2 is 1.73 bits per heavy atom. The predicted octanol–water partition coefficient (Wildman–Crippen LogP) is 4.85. The summed E-state index contributed by atoms with van der Waals surface area (Å²) in [4.78, 5) is 0. The molecule has 2 atom stereocenters. The topological polar surface area (TPSA) is 26.0 Å². The van der Waals surface area contributed by atoms with Crippen LogP contribution in [0, 0.1) is 17.3 Å². The number of nitrogens with two attached hydrogens (primary N) is 1. The molecule has 0 aromatic heterocycles. The van der Waals surface area contributed by atoms with E-state index in [9.17, 15) is 0 Å². The van der Waals surface area contributed by atoms with E-state index in [4.69, 9.17) is 5.73 Å². The highest BCUT2D eigenvalue weighted by Gasteiger charge is 2.48. The predicted molar refractivity (Wildman–Crippen MR) is 92.9 cm³/mol. The van der Waals surface area contributed by atoms with E-state index in [1.165, 1.54) is 16.7 Å². The molecular weight excluding hydrogens is 266 g/mol. The van der Waals surface area contributed by atoms with Gasteiger partial charge >= 0.3 is 0 Å². The minimum absolute atomic E-state index is 0.136. The number of hydrogen-bond acceptors (Lipinski definition) is 1. The molecule has 0 radical (unpaired) electrons. The van der Waals surface area contributed by atoms with Gasteiger partial charge in [-0.15, -0.1) is 0 Å². The minimum Gasteiger partial charge on any atom is -0.402 e. The molecule has 0 heterocycles. The first kappa shape index (κ1) is 13.6. The quantitative estimate of drug-likeness (QED) is 0.786. The van der Waals surface area contributed by atoms with E-state index in [0.717, 1.165) is 18.5 Å². The Morgan fingerprint density at radius 1 is 1.00 bits per heavy atom. The molecular formula is C21H23N. The second kappa shape index (κ2) is 4.74. The second-order valence-corrected chi connectivity index (χ2v) is 7.21. The number of hydrogen-bond donors (Lipinski definition) is 1. The van der Waals surface area contributed by atoms with Crippen molar-refractivity contribution in [2.24, 2.45) is 23.0 Å². The third-order valence-electron chi connectivity index (χ3n) is 5.63. The average Bonchev–Trinajstić information content (AvgIpc) is 2.77. The fourth-order valence-electron chi connectivity index (χ4n) is 4.64. The summed E-state index contributed by atoms with van der Waals surface area (Å²) in [7, 11) is 0. The van der Waals surface area contributed by atoms with Crippen molar-refractivity contribution >= 4 is 5.57 Å². The summed E-state index contributed by atoms with van der Waals surface area (Å²) in [5, 5.41) is 0. The highest BCUT2D eigenvalue weighted by atomic mass is 14.6. The van der Waals surface area contributed by atoms with Crippen LogP contribution in [0.15, 0.2) is 71.5 Å². The molecule has 0 spiro atoms. The zero-order chi connectivity index (χ0) is 15.3. The number of allylic oxidation sites excluding steroid dienone is 8. The Morgan fingerprint density at radius 3 is 2.50 bits per heavy atom. The first-order valence-electron chi connectivity index (χ1n) is 8.23. The first-order chi connectivity index (χ1) is 10.6. The van der Waals surface area contributed by atoms with Crippen molar-refractivity contribution in [3.05, 3.63) is 77.0 Å². The molecule has 1 aromatic rings. The highest BCUT2D eigenvalue weighted by Crippen LogP contribution is 2.59. The zero-order valence-electron chi connectivity index (χ0n) is 13.3. The van der Waals surface area contributed by atoms with E-state index in [2.05, 4.69) is 68.5 Å². The molecule has 1 aromatic carbocycles. The van der Waals surface area contributed by atoms with E-state index >= 15 is 0 Å². The largest absolute Gasteiger partial charge is 0.402 e. The van der Waals surface area contributed by atoms with Crippen LogP contribution in [-0.2, 0) is 0 Å². The molecule has 0 bridgehead atoms. The molecule has 0 saturated carbocycles. The Balaban J connectivity index is 1.93. The van der Waals surface area contributed by atoms with Gasteiger partial charge in [-0.3, -0.25) is 0 Å². The van der Waals surface area contributed by atoms with Crippen molar-refractivity contribution < 1.29 is 0 Å². The van der Waals surface area contributed by atoms with Crippen LogP contribution in [0.5, 0.6) is 0 Å². The molecule has 0 fully saturated rings. The van der Waals surface area contributed by atoms with Gasteiger partial charge in [-0.05, 0) is 35.3 Å². The lowest BCUT2D eigenvalue weighted by atomic mass is 9.70. The normalized spacial score (nSPS) is 28.8. The van der Waals surface area contributed by atoms with Crippen LogP contribution in [0.2, 0.25) is 0 Å². The molecule has 0 amide bonds. The van der Waals surface area contributed by atoms with Crippen molar-refractivity contribution in [1.29, 1.82) is 0 Å². The Hall–Kier alpha value is -2.02. The fourth-order valence-corrected chi connectivity index (χ4v) is 4.64. The van der Waals surface area contributed by atoms with E-state index < -0.39 is 0 Å². The maximum Gasteiger partial charge on any atom is 0.0166 e. The average molecular weight is 289 g/mol. The molecule has 3 aliphatic rings. The van der Waals surface area contributed by atoms with Crippen molar-refractivity contribution in [3.63, 3.8) is 0 Å². The van der Waals surface area contributed by atoms with Crippen molar-refractivity contribution in [3.8, 4) is 0 Å². The van der Waals surface area contributed by atoms with Crippen LogP contribution in [0.3, 0.4) is 0 Å². The van der Waals surface area contributed by atoms with Crippen molar-refractivity contribution in [2.45, 2.75) is 26.7 Å². The molecule has 1 heteroatoms. The minimum atomic E-state index is 0.136. The van der Waals surface area contributed by atoms with Crippen LogP contribution in [0.4, 0.5) is 0 Å². The lowest BCUT2D eigenvalue weighted by Crippen LogP contribution is -2.25. The monoisotopic (exact) mass is 289 g/mol. The lowest BCUT2D eigenvalue weighted by molar-refractivity contribution is 0.321. The summed E-state index contributed by atoms with van der Waals surface area (Å²) in [6, 6.07) is 10.7. The highest BCUT2D eigenvalue weighted by molar-refractivity contribution is 5.85. The number of fused-ring (bicyclic) bond motifs is 2. The van der Waals surface area contributed by atoms with Crippen LogP contribution >= 0.6 is 0 Å². The lowest BCUT2D eigenvalue weighted by Gasteiger charge is -2.33. The van der Waals surface area contributed by atoms with E-state index in [0.29, 0.717) is 11.8 Å². The van der Waals surface area contributed by atoms with Gasteiger partial charge in [0.1, 0.15) is 0 Å². The van der Waals surface area contributed by atoms with Gasteiger partial charge in [0.2, 0.25) is 0 Å². The molecule has 0 aliphatic heterocycles. The third kappa shape index (κ3) is 1.78. The maximum absolute atomic E-state index is 6.49. The molecule has 2 N–H and O–H groups in total. The summed E-state index contributed by atoms with van der Waals surface area (Å²) in [6.45, 7) is 4.77. The summed E-state index contributed by atoms with van der Waals surface area (Å²) < 4.78 is 0. The Labute approximate surface area is 132 Å². The van der Waals surface area contributed by atoms with Gasteiger partial charge in [0, 0.05) is 17.2 Å². The van der Waals surface area contributed by atoms with E-state index in [1.54, 1.807) is 5.57 Å². The van der Waals surface area contributed by atoms with Gasteiger partial charge in [-0.25, -0.2) is 0 Å². The van der Waals surface area contributed by atoms with Crippen LogP contribution in [-0.4, -0.2) is 0 Å². The Bertz CT molecular complexity index is 728. The number of benzene rings is 1. The van der Waals surface area contributed by atoms with Gasteiger partial charge in [0.25, 0.3) is 0 Å². The van der Waals surface area contributed by atoms with E-state index in [1.807, 2.05) is 0 Å². The van der Waals surface area contributed by atoms with Gasteiger partial charge in [0.05, 0.1) is 0 Å². The SMILES string of the molecule is CC1(C)C2=C(CCC(N)=C2c2ccccc2)C2C=CC=CC21. The van der Waals surface area contributed by atoms with Crippen LogP contribution in [0.25, 0.3) is 5.57 Å². The van der Waals surface area contributed by atoms with Gasteiger partial charge in [0.15, 0.2) is 0 Å². The second-order valence-electron chi connectivity index (χ2n) is 7.21. The maximum atomic E-state index is 6.49. The fraction of sp³-hybridized carbons (Fsp3) is 0.333. The molecule has 22 heavy (non-hydrogen) atoms. The van der Waals surface area contributed by atoms with Crippen LogP contribution < -0.4 is 5.73 Å². The van der Waals surface area contributed by atoms with E-state index in [-0.39, 0.29) is 5.41 Å². The number of rotatable bonds is 1. The smallest absolute Gasteiger partial charge is 0.0166 e. The summed E-state index contributed by atoms with van der Waals surface area (Å²) in [6.07, 6.45) is 11.3. The zero-order valence-corrected chi connectivity index (χ0v) is 13.3. The van der Waals surface area contributed by atoms with Gasteiger partial charge in [-0.2, -0.15) is 0 Å². The molecule has 0 saturated heterocycles. The molecule has 112 valence electrons. The summed E-state index contributed by atoms with van der Waals surface area (Å²) in [5.41, 5.74) is 13.4. The van der Waals surface area contributed by atoms with Gasteiger partial charge in [-0.1, -0.05) is 74.1 Å². The third-order valence-corrected chi connectivity index (χ3v) is 5.63. The summed E-state index contributed by atoms with van der Waals surface area (Å²) >= 11 is 0.